The smallest absolute Gasteiger partial charge is 0.254 e. The van der Waals surface area contributed by atoms with Crippen LogP contribution in [-0.4, -0.2) is 44.8 Å². The minimum atomic E-state index is -0.00341. The summed E-state index contributed by atoms with van der Waals surface area (Å²) in [5.74, 6) is -0.00341. The van der Waals surface area contributed by atoms with Crippen molar-refractivity contribution < 1.29 is 9.53 Å². The monoisotopic (exact) mass is 362 g/mol. The second-order valence-electron chi connectivity index (χ2n) is 6.68. The van der Waals surface area contributed by atoms with Crippen molar-refractivity contribution in [1.29, 1.82) is 0 Å². The Balaban J connectivity index is 1.58. The van der Waals surface area contributed by atoms with Gasteiger partial charge in [-0.25, -0.2) is 4.68 Å². The summed E-state index contributed by atoms with van der Waals surface area (Å²) in [7, 11) is 0. The third kappa shape index (κ3) is 4.23. The number of rotatable bonds is 6. The van der Waals surface area contributed by atoms with Gasteiger partial charge in [0.1, 0.15) is 0 Å². The van der Waals surface area contributed by atoms with E-state index in [0.717, 1.165) is 30.7 Å². The molecule has 1 fully saturated rings. The summed E-state index contributed by atoms with van der Waals surface area (Å²) in [5.41, 5.74) is 2.57. The lowest BCUT2D eigenvalue weighted by atomic mass is 10.1. The number of amides is 1. The molecule has 1 aliphatic rings. The van der Waals surface area contributed by atoms with Gasteiger partial charge in [-0.05, 0) is 54.8 Å². The zero-order valence-corrected chi connectivity index (χ0v) is 15.1. The van der Waals surface area contributed by atoms with Crippen LogP contribution in [0, 0.1) is 0 Å². The Hall–Kier alpha value is -2.99. The molecule has 0 N–H and O–H groups in total. The lowest BCUT2D eigenvalue weighted by molar-refractivity contribution is 0.0507. The molecular weight excluding hydrogens is 340 g/mol. The molecule has 0 bridgehead atoms. The molecule has 1 atom stereocenters. The number of nitrogens with zero attached hydrogens (tertiary/aromatic N) is 4. The Morgan fingerprint density at radius 3 is 2.81 bits per heavy atom. The molecule has 3 heterocycles. The van der Waals surface area contributed by atoms with Gasteiger partial charge in [0.05, 0.1) is 11.8 Å². The van der Waals surface area contributed by atoms with Crippen LogP contribution in [-0.2, 0) is 11.3 Å². The van der Waals surface area contributed by atoms with Crippen molar-refractivity contribution in [3.05, 3.63) is 78.4 Å². The fraction of sp³-hybridized carbons (Fsp3) is 0.286. The molecule has 0 saturated carbocycles. The molecule has 1 unspecified atom stereocenters. The third-order valence-corrected chi connectivity index (χ3v) is 4.72. The third-order valence-electron chi connectivity index (χ3n) is 4.72. The minimum absolute atomic E-state index is 0.00341. The van der Waals surface area contributed by atoms with E-state index < -0.39 is 0 Å². The highest BCUT2D eigenvalue weighted by Crippen LogP contribution is 2.18. The molecule has 6 nitrogen and oxygen atoms in total. The summed E-state index contributed by atoms with van der Waals surface area (Å²) in [6, 6.07) is 13.3. The maximum absolute atomic E-state index is 13.3. The highest BCUT2D eigenvalue weighted by molar-refractivity contribution is 5.94. The summed E-state index contributed by atoms with van der Waals surface area (Å²) in [6.07, 6.45) is 9.24. The van der Waals surface area contributed by atoms with E-state index in [1.165, 1.54) is 0 Å². The first-order chi connectivity index (χ1) is 13.3. The van der Waals surface area contributed by atoms with Gasteiger partial charge in [-0.2, -0.15) is 5.10 Å². The van der Waals surface area contributed by atoms with Crippen LogP contribution >= 0.6 is 0 Å². The van der Waals surface area contributed by atoms with E-state index in [1.54, 1.807) is 23.3 Å². The van der Waals surface area contributed by atoms with Crippen molar-refractivity contribution in [2.75, 3.05) is 13.2 Å². The van der Waals surface area contributed by atoms with Gasteiger partial charge in [-0.3, -0.25) is 9.78 Å². The van der Waals surface area contributed by atoms with Crippen LogP contribution in [0.2, 0.25) is 0 Å². The molecule has 6 heteroatoms. The SMILES string of the molecule is O=C(c1cccc(-n2cccn2)c1)N(Cc1ccncc1)CC1CCCO1. The van der Waals surface area contributed by atoms with E-state index in [4.69, 9.17) is 4.74 Å². The van der Waals surface area contributed by atoms with Gasteiger partial charge in [0, 0.05) is 50.0 Å². The second-order valence-corrected chi connectivity index (χ2v) is 6.68. The number of benzene rings is 1. The molecule has 1 saturated heterocycles. The van der Waals surface area contributed by atoms with E-state index in [9.17, 15) is 4.79 Å². The van der Waals surface area contributed by atoms with Crippen molar-refractivity contribution >= 4 is 5.91 Å². The molecular formula is C21H22N4O2. The maximum atomic E-state index is 13.3. The number of hydrogen-bond donors (Lipinski definition) is 0. The topological polar surface area (TPSA) is 60.2 Å². The first-order valence-corrected chi connectivity index (χ1v) is 9.19. The van der Waals surface area contributed by atoms with Gasteiger partial charge in [0.25, 0.3) is 5.91 Å². The summed E-state index contributed by atoms with van der Waals surface area (Å²) in [5, 5.41) is 4.25. The van der Waals surface area contributed by atoms with Gasteiger partial charge in [0.15, 0.2) is 0 Å². The lowest BCUT2D eigenvalue weighted by Crippen LogP contribution is -2.37. The van der Waals surface area contributed by atoms with Crippen LogP contribution in [0.3, 0.4) is 0 Å². The van der Waals surface area contributed by atoms with Crippen LogP contribution in [0.1, 0.15) is 28.8 Å². The number of aromatic nitrogens is 3. The largest absolute Gasteiger partial charge is 0.376 e. The molecule has 27 heavy (non-hydrogen) atoms. The molecule has 1 amide bonds. The summed E-state index contributed by atoms with van der Waals surface area (Å²) < 4.78 is 7.52. The minimum Gasteiger partial charge on any atom is -0.376 e. The van der Waals surface area contributed by atoms with Crippen molar-refractivity contribution in [2.45, 2.75) is 25.5 Å². The van der Waals surface area contributed by atoms with Crippen LogP contribution in [0.5, 0.6) is 0 Å². The van der Waals surface area contributed by atoms with Crippen LogP contribution in [0.4, 0.5) is 0 Å². The summed E-state index contributed by atoms with van der Waals surface area (Å²) in [4.78, 5) is 19.2. The van der Waals surface area contributed by atoms with Crippen molar-refractivity contribution in [3.63, 3.8) is 0 Å². The molecule has 138 valence electrons. The number of carbonyl (C=O) groups excluding carboxylic acids is 1. The molecule has 0 aliphatic carbocycles. The van der Waals surface area contributed by atoms with Gasteiger partial charge in [-0.1, -0.05) is 6.07 Å². The number of hydrogen-bond acceptors (Lipinski definition) is 4. The van der Waals surface area contributed by atoms with E-state index in [1.807, 2.05) is 53.6 Å². The Morgan fingerprint density at radius 2 is 2.07 bits per heavy atom. The first-order valence-electron chi connectivity index (χ1n) is 9.19. The average molecular weight is 362 g/mol. The average Bonchev–Trinajstić information content (AvgIpc) is 3.42. The molecule has 0 radical (unpaired) electrons. The predicted molar refractivity (Wildman–Crippen MR) is 102 cm³/mol. The Kier molecular flexibility index (Phi) is 5.25. The number of ether oxygens (including phenoxy) is 1. The molecule has 1 aromatic carbocycles. The molecule has 1 aliphatic heterocycles. The van der Waals surface area contributed by atoms with E-state index in [2.05, 4.69) is 10.1 Å². The molecule has 2 aromatic heterocycles. The predicted octanol–water partition coefficient (Wildman–Crippen LogP) is 3.09. The zero-order chi connectivity index (χ0) is 18.5. The van der Waals surface area contributed by atoms with Crippen LogP contribution in [0.15, 0.2) is 67.3 Å². The number of carbonyl (C=O) groups is 1. The lowest BCUT2D eigenvalue weighted by Gasteiger charge is -2.26. The van der Waals surface area contributed by atoms with E-state index in [-0.39, 0.29) is 12.0 Å². The van der Waals surface area contributed by atoms with Crippen molar-refractivity contribution in [2.24, 2.45) is 0 Å². The van der Waals surface area contributed by atoms with Crippen molar-refractivity contribution in [3.8, 4) is 5.69 Å². The second kappa shape index (κ2) is 8.14. The first kappa shape index (κ1) is 17.4. The molecule has 0 spiro atoms. The van der Waals surface area contributed by atoms with Crippen LogP contribution in [0.25, 0.3) is 5.69 Å². The Bertz CT molecular complexity index is 874. The highest BCUT2D eigenvalue weighted by atomic mass is 16.5. The quantitative estimate of drug-likeness (QED) is 0.676. The maximum Gasteiger partial charge on any atom is 0.254 e. The van der Waals surface area contributed by atoms with Gasteiger partial charge in [-0.15, -0.1) is 0 Å². The Morgan fingerprint density at radius 1 is 1.19 bits per heavy atom. The summed E-state index contributed by atoms with van der Waals surface area (Å²) >= 11 is 0. The van der Waals surface area contributed by atoms with Gasteiger partial charge in [0.2, 0.25) is 0 Å². The highest BCUT2D eigenvalue weighted by Gasteiger charge is 2.24. The zero-order valence-electron chi connectivity index (χ0n) is 15.1. The molecule has 4 rings (SSSR count). The van der Waals surface area contributed by atoms with Crippen LogP contribution < -0.4 is 0 Å². The van der Waals surface area contributed by atoms with Gasteiger partial charge < -0.3 is 9.64 Å². The van der Waals surface area contributed by atoms with E-state index >= 15 is 0 Å². The Labute approximate surface area is 158 Å². The number of pyridine rings is 1. The standard InChI is InChI=1S/C21H22N4O2/c26-21(18-4-1-5-19(14-18)25-12-3-9-23-25)24(16-20-6-2-13-27-20)15-17-7-10-22-11-8-17/h1,3-5,7-12,14,20H,2,6,13,15-16H2. The fourth-order valence-corrected chi connectivity index (χ4v) is 3.35. The fourth-order valence-electron chi connectivity index (χ4n) is 3.35. The normalized spacial score (nSPS) is 16.4. The van der Waals surface area contributed by atoms with E-state index in [0.29, 0.717) is 18.7 Å². The molecule has 3 aromatic rings. The van der Waals surface area contributed by atoms with Crippen molar-refractivity contribution in [1.82, 2.24) is 19.7 Å². The van der Waals surface area contributed by atoms with Gasteiger partial charge >= 0.3 is 0 Å². The summed E-state index contributed by atoms with van der Waals surface area (Å²) in [6.45, 7) is 1.90.